The van der Waals surface area contributed by atoms with Gasteiger partial charge in [-0.05, 0) is 37.8 Å². The highest BCUT2D eigenvalue weighted by Crippen LogP contribution is 2.42. The standard InChI is InChI=1S/C19H21N5O3/c25-15(13-4-5-13)22-9-6-19(12-22)7-10-23-16(26)17(27)24(21-18(19)23)11-14-3-1-2-8-20-14/h1-3,8,13H,4-7,9-12H2/t19-/m1/s1. The zero-order chi connectivity index (χ0) is 18.6. The van der Waals surface area contributed by atoms with Crippen molar-refractivity contribution in [1.82, 2.24) is 24.2 Å². The summed E-state index contributed by atoms with van der Waals surface area (Å²) in [7, 11) is 0. The molecule has 0 aromatic carbocycles. The van der Waals surface area contributed by atoms with Gasteiger partial charge in [0.05, 0.1) is 17.7 Å². The highest BCUT2D eigenvalue weighted by atomic mass is 16.2. The van der Waals surface area contributed by atoms with Gasteiger partial charge in [-0.25, -0.2) is 4.68 Å². The fraction of sp³-hybridized carbons (Fsp3) is 0.526. The number of rotatable bonds is 3. The Bertz CT molecular complexity index is 1020. The Kier molecular flexibility index (Phi) is 3.57. The van der Waals surface area contributed by atoms with Gasteiger partial charge in [-0.1, -0.05) is 6.07 Å². The van der Waals surface area contributed by atoms with E-state index in [2.05, 4.69) is 10.1 Å². The number of aromatic nitrogens is 4. The van der Waals surface area contributed by atoms with E-state index in [1.165, 1.54) is 9.25 Å². The van der Waals surface area contributed by atoms with E-state index >= 15 is 0 Å². The molecule has 2 aromatic rings. The van der Waals surface area contributed by atoms with Crippen molar-refractivity contribution in [3.05, 3.63) is 56.6 Å². The lowest BCUT2D eigenvalue weighted by atomic mass is 9.85. The molecule has 1 atom stereocenters. The maximum atomic E-state index is 12.6. The van der Waals surface area contributed by atoms with E-state index in [-0.39, 0.29) is 23.8 Å². The summed E-state index contributed by atoms with van der Waals surface area (Å²) in [4.78, 5) is 43.7. The first-order valence-corrected chi connectivity index (χ1v) is 9.49. The first kappa shape index (κ1) is 16.4. The smallest absolute Gasteiger partial charge is 0.332 e. The summed E-state index contributed by atoms with van der Waals surface area (Å²) in [6.45, 7) is 1.96. The largest absolute Gasteiger partial charge is 0.341 e. The summed E-state index contributed by atoms with van der Waals surface area (Å²) in [6.07, 6.45) is 5.16. The number of amides is 1. The van der Waals surface area contributed by atoms with Crippen LogP contribution in [0.3, 0.4) is 0 Å². The van der Waals surface area contributed by atoms with Crippen LogP contribution < -0.4 is 11.1 Å². The number of likely N-dealkylation sites (tertiary alicyclic amines) is 1. The molecule has 1 spiro atoms. The molecule has 0 N–H and O–H groups in total. The van der Waals surface area contributed by atoms with Crippen LogP contribution in [0.1, 0.15) is 37.2 Å². The van der Waals surface area contributed by atoms with Crippen molar-refractivity contribution in [1.29, 1.82) is 0 Å². The predicted octanol–water partition coefficient (Wildman–Crippen LogP) is 0.132. The van der Waals surface area contributed by atoms with E-state index in [4.69, 9.17) is 0 Å². The number of hydrogen-bond acceptors (Lipinski definition) is 5. The van der Waals surface area contributed by atoms with Crippen LogP contribution in [0.4, 0.5) is 0 Å². The molecule has 3 aliphatic rings. The van der Waals surface area contributed by atoms with E-state index in [1.54, 1.807) is 18.3 Å². The van der Waals surface area contributed by atoms with Gasteiger partial charge >= 0.3 is 11.1 Å². The van der Waals surface area contributed by atoms with Gasteiger partial charge in [0.1, 0.15) is 5.82 Å². The van der Waals surface area contributed by atoms with Gasteiger partial charge in [0, 0.05) is 31.7 Å². The molecular formula is C19H21N5O3. The Morgan fingerprint density at radius 1 is 1.15 bits per heavy atom. The minimum atomic E-state index is -0.620. The van der Waals surface area contributed by atoms with E-state index in [0.717, 1.165) is 25.7 Å². The van der Waals surface area contributed by atoms with Crippen molar-refractivity contribution < 1.29 is 4.79 Å². The lowest BCUT2D eigenvalue weighted by Crippen LogP contribution is -2.45. The van der Waals surface area contributed by atoms with Crippen LogP contribution in [0.5, 0.6) is 0 Å². The van der Waals surface area contributed by atoms with Crippen LogP contribution in [0.15, 0.2) is 34.0 Å². The van der Waals surface area contributed by atoms with Crippen molar-refractivity contribution >= 4 is 5.91 Å². The Morgan fingerprint density at radius 2 is 1.96 bits per heavy atom. The molecule has 8 heteroatoms. The number of nitrogens with zero attached hydrogens (tertiary/aromatic N) is 5. The van der Waals surface area contributed by atoms with E-state index in [1.807, 2.05) is 11.0 Å². The van der Waals surface area contributed by atoms with Gasteiger partial charge in [0.2, 0.25) is 5.91 Å². The van der Waals surface area contributed by atoms with Crippen molar-refractivity contribution in [2.45, 2.75) is 44.2 Å². The van der Waals surface area contributed by atoms with Gasteiger partial charge in [-0.3, -0.25) is 23.9 Å². The molecule has 27 heavy (non-hydrogen) atoms. The summed E-state index contributed by atoms with van der Waals surface area (Å²) < 4.78 is 2.75. The van der Waals surface area contributed by atoms with Gasteiger partial charge in [0.25, 0.3) is 0 Å². The molecule has 8 nitrogen and oxygen atoms in total. The third-order valence-electron chi connectivity index (χ3n) is 6.05. The second-order valence-electron chi connectivity index (χ2n) is 7.88. The van der Waals surface area contributed by atoms with Crippen molar-refractivity contribution in [3.63, 3.8) is 0 Å². The van der Waals surface area contributed by atoms with Crippen molar-refractivity contribution in [2.75, 3.05) is 13.1 Å². The third-order valence-corrected chi connectivity index (χ3v) is 6.05. The summed E-state index contributed by atoms with van der Waals surface area (Å²) in [5.74, 6) is 1.07. The Morgan fingerprint density at radius 3 is 2.70 bits per heavy atom. The molecule has 2 fully saturated rings. The maximum Gasteiger partial charge on any atom is 0.332 e. The van der Waals surface area contributed by atoms with Crippen LogP contribution in [-0.4, -0.2) is 43.2 Å². The van der Waals surface area contributed by atoms with E-state index in [0.29, 0.717) is 31.2 Å². The fourth-order valence-corrected chi connectivity index (χ4v) is 4.36. The molecule has 2 aliphatic heterocycles. The number of carbonyl (C=O) groups excluding carboxylic acids is 1. The SMILES string of the molecule is O=C(C1CC1)N1CC[C@@]2(CCn3c2nn(Cc2ccccn2)c(=O)c3=O)C1. The second kappa shape index (κ2) is 5.87. The number of hydrogen-bond donors (Lipinski definition) is 0. The first-order valence-electron chi connectivity index (χ1n) is 9.49. The van der Waals surface area contributed by atoms with Gasteiger partial charge < -0.3 is 4.90 Å². The van der Waals surface area contributed by atoms with Crippen LogP contribution in [0, 0.1) is 5.92 Å². The molecule has 1 saturated heterocycles. The summed E-state index contributed by atoms with van der Waals surface area (Å²) in [5.41, 5.74) is -0.783. The van der Waals surface area contributed by atoms with Gasteiger partial charge in [-0.15, -0.1) is 0 Å². The van der Waals surface area contributed by atoms with Crippen LogP contribution in [0.25, 0.3) is 0 Å². The van der Waals surface area contributed by atoms with Crippen LogP contribution >= 0.6 is 0 Å². The highest BCUT2D eigenvalue weighted by molar-refractivity contribution is 5.81. The van der Waals surface area contributed by atoms with Crippen molar-refractivity contribution in [2.24, 2.45) is 5.92 Å². The molecule has 4 heterocycles. The monoisotopic (exact) mass is 367 g/mol. The minimum Gasteiger partial charge on any atom is -0.341 e. The molecule has 0 unspecified atom stereocenters. The summed E-state index contributed by atoms with van der Waals surface area (Å²) in [6, 6.07) is 5.45. The molecule has 5 rings (SSSR count). The predicted molar refractivity (Wildman–Crippen MR) is 96.3 cm³/mol. The average Bonchev–Trinajstić information content (AvgIpc) is 3.36. The number of pyridine rings is 1. The Balaban J connectivity index is 1.51. The van der Waals surface area contributed by atoms with Gasteiger partial charge in [0.15, 0.2) is 0 Å². The molecule has 0 bridgehead atoms. The lowest BCUT2D eigenvalue weighted by molar-refractivity contribution is -0.131. The minimum absolute atomic E-state index is 0.170. The zero-order valence-corrected chi connectivity index (χ0v) is 15.0. The fourth-order valence-electron chi connectivity index (χ4n) is 4.36. The summed E-state index contributed by atoms with van der Waals surface area (Å²) in [5, 5.41) is 4.59. The average molecular weight is 367 g/mol. The lowest BCUT2D eigenvalue weighted by Gasteiger charge is -2.23. The highest BCUT2D eigenvalue weighted by Gasteiger charge is 2.49. The second-order valence-corrected chi connectivity index (χ2v) is 7.88. The van der Waals surface area contributed by atoms with Crippen LogP contribution in [-0.2, 0) is 23.3 Å². The molecule has 0 radical (unpaired) electrons. The zero-order valence-electron chi connectivity index (χ0n) is 15.0. The first-order chi connectivity index (χ1) is 13.1. The Hall–Kier alpha value is -2.77. The topological polar surface area (TPSA) is 90.1 Å². The van der Waals surface area contributed by atoms with Crippen LogP contribution in [0.2, 0.25) is 0 Å². The van der Waals surface area contributed by atoms with Crippen molar-refractivity contribution in [3.8, 4) is 0 Å². The van der Waals surface area contributed by atoms with E-state index in [9.17, 15) is 14.4 Å². The molecule has 140 valence electrons. The molecular weight excluding hydrogens is 346 g/mol. The van der Waals surface area contributed by atoms with E-state index < -0.39 is 11.1 Å². The number of carbonyl (C=O) groups is 1. The molecule has 1 saturated carbocycles. The maximum absolute atomic E-state index is 12.6. The number of fused-ring (bicyclic) bond motifs is 2. The Labute approximate surface area is 155 Å². The van der Waals surface area contributed by atoms with Gasteiger partial charge in [-0.2, -0.15) is 5.10 Å². The normalized spacial score (nSPS) is 23.8. The quantitative estimate of drug-likeness (QED) is 0.720. The third kappa shape index (κ3) is 2.62. The molecule has 1 aliphatic carbocycles. The molecule has 2 aromatic heterocycles. The summed E-state index contributed by atoms with van der Waals surface area (Å²) >= 11 is 0. The molecule has 1 amide bonds.